The summed E-state index contributed by atoms with van der Waals surface area (Å²) in [7, 11) is -3.13. The Kier molecular flexibility index (Phi) is 4.04. The Morgan fingerprint density at radius 3 is 2.67 bits per heavy atom. The molecule has 114 valence electrons. The molecule has 0 spiro atoms. The average Bonchev–Trinajstić information content (AvgIpc) is 3.05. The van der Waals surface area contributed by atoms with Crippen LogP contribution in [0, 0.1) is 5.92 Å². The van der Waals surface area contributed by atoms with Crippen LogP contribution in [-0.4, -0.2) is 19.9 Å². The zero-order chi connectivity index (χ0) is 14.9. The van der Waals surface area contributed by atoms with Crippen LogP contribution in [0.25, 0.3) is 11.0 Å². The minimum Gasteiger partial charge on any atom is -0.459 e. The number of benzene rings is 1. The summed E-state index contributed by atoms with van der Waals surface area (Å²) in [5.41, 5.74) is 6.79. The number of furan rings is 1. The van der Waals surface area contributed by atoms with Crippen LogP contribution >= 0.6 is 0 Å². The maximum Gasteiger partial charge on any atom is 0.152 e. The molecule has 4 nitrogen and oxygen atoms in total. The molecule has 2 aromatic rings. The van der Waals surface area contributed by atoms with Crippen molar-refractivity contribution < 1.29 is 12.8 Å². The number of sulfone groups is 1. The van der Waals surface area contributed by atoms with Crippen LogP contribution in [0.15, 0.2) is 34.7 Å². The van der Waals surface area contributed by atoms with Crippen LogP contribution in [0.1, 0.15) is 37.5 Å². The van der Waals surface area contributed by atoms with Crippen molar-refractivity contribution in [2.75, 3.05) is 11.5 Å². The predicted molar refractivity (Wildman–Crippen MR) is 83.8 cm³/mol. The summed E-state index contributed by atoms with van der Waals surface area (Å²) in [6, 6.07) is 8.84. The summed E-state index contributed by atoms with van der Waals surface area (Å²) in [6.45, 7) is 0. The molecule has 0 amide bonds. The molecule has 1 aliphatic carbocycles. The van der Waals surface area contributed by atoms with E-state index in [1.54, 1.807) is 0 Å². The van der Waals surface area contributed by atoms with Crippen molar-refractivity contribution in [3.63, 3.8) is 0 Å². The fraction of sp³-hybridized carbons (Fsp3) is 0.500. The molecule has 1 fully saturated rings. The molecule has 21 heavy (non-hydrogen) atoms. The number of nitrogens with two attached hydrogens (primary N) is 1. The molecule has 0 radical (unpaired) electrons. The lowest BCUT2D eigenvalue weighted by atomic mass is 10.1. The molecule has 1 unspecified atom stereocenters. The third-order valence-corrected chi connectivity index (χ3v) is 6.05. The van der Waals surface area contributed by atoms with Gasteiger partial charge in [-0.3, -0.25) is 0 Å². The second kappa shape index (κ2) is 5.81. The Balaban J connectivity index is 1.71. The van der Waals surface area contributed by atoms with Crippen LogP contribution in [0.5, 0.6) is 0 Å². The number of fused-ring (bicyclic) bond motifs is 1. The molecule has 3 rings (SSSR count). The minimum atomic E-state index is -3.13. The van der Waals surface area contributed by atoms with Gasteiger partial charge in [0.25, 0.3) is 0 Å². The van der Waals surface area contributed by atoms with Gasteiger partial charge in [0.15, 0.2) is 9.84 Å². The first kappa shape index (κ1) is 14.6. The van der Waals surface area contributed by atoms with Gasteiger partial charge in [-0.15, -0.1) is 0 Å². The van der Waals surface area contributed by atoms with Crippen molar-refractivity contribution in [1.82, 2.24) is 0 Å². The number of hydrogen-bond acceptors (Lipinski definition) is 4. The molecule has 0 saturated heterocycles. The third kappa shape index (κ3) is 3.47. The molecule has 1 aliphatic rings. The van der Waals surface area contributed by atoms with Gasteiger partial charge in [0.2, 0.25) is 0 Å². The van der Waals surface area contributed by atoms with E-state index in [0.29, 0.717) is 11.7 Å². The van der Waals surface area contributed by atoms with Gasteiger partial charge in [0.1, 0.15) is 11.3 Å². The first-order chi connectivity index (χ1) is 10.0. The van der Waals surface area contributed by atoms with E-state index in [-0.39, 0.29) is 11.5 Å². The van der Waals surface area contributed by atoms with E-state index >= 15 is 0 Å². The first-order valence-corrected chi connectivity index (χ1v) is 9.30. The molecule has 0 bridgehead atoms. The monoisotopic (exact) mass is 307 g/mol. The van der Waals surface area contributed by atoms with E-state index in [1.807, 2.05) is 30.3 Å². The average molecular weight is 307 g/mol. The second-order valence-corrected chi connectivity index (χ2v) is 8.17. The van der Waals surface area contributed by atoms with E-state index in [2.05, 4.69) is 0 Å². The van der Waals surface area contributed by atoms with Gasteiger partial charge >= 0.3 is 0 Å². The van der Waals surface area contributed by atoms with E-state index in [1.165, 1.54) is 0 Å². The van der Waals surface area contributed by atoms with Gasteiger partial charge in [0.05, 0.1) is 17.5 Å². The zero-order valence-corrected chi connectivity index (χ0v) is 12.8. The summed E-state index contributed by atoms with van der Waals surface area (Å²) in [4.78, 5) is 0. The van der Waals surface area contributed by atoms with Crippen molar-refractivity contribution in [1.29, 1.82) is 0 Å². The van der Waals surface area contributed by atoms with Crippen LogP contribution in [0.3, 0.4) is 0 Å². The van der Waals surface area contributed by atoms with Crippen LogP contribution in [-0.2, 0) is 9.84 Å². The third-order valence-electron chi connectivity index (χ3n) is 4.21. The molecule has 1 saturated carbocycles. The Labute approximate surface area is 125 Å². The highest BCUT2D eigenvalue weighted by atomic mass is 32.2. The quantitative estimate of drug-likeness (QED) is 0.921. The molecular weight excluding hydrogens is 286 g/mol. The molecule has 1 aromatic heterocycles. The Hall–Kier alpha value is -1.33. The summed E-state index contributed by atoms with van der Waals surface area (Å²) in [5, 5.41) is 0.955. The van der Waals surface area contributed by atoms with Crippen LogP contribution < -0.4 is 5.73 Å². The SMILES string of the molecule is NC(CS(=O)(=O)CC1CCCC1)c1cc2ccccc2o1. The number of para-hydroxylation sites is 1. The molecule has 1 heterocycles. The summed E-state index contributed by atoms with van der Waals surface area (Å²) < 4.78 is 30.2. The highest BCUT2D eigenvalue weighted by molar-refractivity contribution is 7.91. The minimum absolute atomic E-state index is 0.0384. The fourth-order valence-electron chi connectivity index (χ4n) is 3.15. The van der Waals surface area contributed by atoms with Gasteiger partial charge in [-0.25, -0.2) is 8.42 Å². The van der Waals surface area contributed by atoms with Crippen molar-refractivity contribution in [2.24, 2.45) is 11.7 Å². The van der Waals surface area contributed by atoms with Crippen LogP contribution in [0.2, 0.25) is 0 Å². The zero-order valence-electron chi connectivity index (χ0n) is 12.0. The van der Waals surface area contributed by atoms with Crippen molar-refractivity contribution in [3.8, 4) is 0 Å². The van der Waals surface area contributed by atoms with Crippen molar-refractivity contribution in [2.45, 2.75) is 31.7 Å². The Bertz CT molecular complexity index is 681. The lowest BCUT2D eigenvalue weighted by molar-refractivity contribution is 0.504. The molecule has 1 atom stereocenters. The fourth-order valence-corrected chi connectivity index (χ4v) is 5.04. The molecule has 2 N–H and O–H groups in total. The van der Waals surface area contributed by atoms with E-state index < -0.39 is 15.9 Å². The standard InChI is InChI=1S/C16H21NO3S/c17-14(11-21(18,19)10-12-5-1-2-6-12)16-9-13-7-3-4-8-15(13)20-16/h3-4,7-9,12,14H,1-2,5-6,10-11,17H2. The predicted octanol–water partition coefficient (Wildman–Crippen LogP) is 3.04. The number of hydrogen-bond donors (Lipinski definition) is 1. The second-order valence-electron chi connectivity index (χ2n) is 6.02. The van der Waals surface area contributed by atoms with Crippen LogP contribution in [0.4, 0.5) is 0 Å². The molecule has 5 heteroatoms. The van der Waals surface area contributed by atoms with Gasteiger partial charge in [-0.1, -0.05) is 31.0 Å². The van der Waals surface area contributed by atoms with E-state index in [0.717, 1.165) is 36.7 Å². The molecular formula is C16H21NO3S. The van der Waals surface area contributed by atoms with Crippen molar-refractivity contribution in [3.05, 3.63) is 36.1 Å². The Morgan fingerprint density at radius 1 is 1.24 bits per heavy atom. The van der Waals surface area contributed by atoms with Crippen molar-refractivity contribution >= 4 is 20.8 Å². The van der Waals surface area contributed by atoms with Gasteiger partial charge in [-0.2, -0.15) is 0 Å². The summed E-state index contributed by atoms with van der Waals surface area (Å²) in [6.07, 6.45) is 4.35. The van der Waals surface area contributed by atoms with Gasteiger partial charge in [-0.05, 0) is 30.9 Å². The molecule has 0 aliphatic heterocycles. The summed E-state index contributed by atoms with van der Waals surface area (Å²) >= 11 is 0. The topological polar surface area (TPSA) is 73.3 Å². The molecule has 1 aromatic carbocycles. The first-order valence-electron chi connectivity index (χ1n) is 7.48. The lowest BCUT2D eigenvalue weighted by Gasteiger charge is -2.13. The van der Waals surface area contributed by atoms with E-state index in [4.69, 9.17) is 10.2 Å². The van der Waals surface area contributed by atoms with Gasteiger partial charge in [0, 0.05) is 5.39 Å². The highest BCUT2D eigenvalue weighted by Crippen LogP contribution is 2.28. The lowest BCUT2D eigenvalue weighted by Crippen LogP contribution is -2.25. The van der Waals surface area contributed by atoms with E-state index in [9.17, 15) is 8.42 Å². The Morgan fingerprint density at radius 2 is 1.95 bits per heavy atom. The number of rotatable bonds is 5. The maximum absolute atomic E-state index is 12.3. The van der Waals surface area contributed by atoms with Gasteiger partial charge < -0.3 is 10.2 Å². The largest absolute Gasteiger partial charge is 0.459 e. The summed E-state index contributed by atoms with van der Waals surface area (Å²) in [5.74, 6) is 1.09. The smallest absolute Gasteiger partial charge is 0.152 e. The normalized spacial score (nSPS) is 18.3. The maximum atomic E-state index is 12.3. The highest BCUT2D eigenvalue weighted by Gasteiger charge is 2.26.